The lowest BCUT2D eigenvalue weighted by Gasteiger charge is -2.34. The molecule has 3 rings (SSSR count). The second kappa shape index (κ2) is 8.31. The molecule has 2 amide bonds. The number of nitrogens with two attached hydrogens (primary N) is 1. The summed E-state index contributed by atoms with van der Waals surface area (Å²) in [4.78, 5) is 37.5. The second-order valence-corrected chi connectivity index (χ2v) is 7.87. The fourth-order valence-electron chi connectivity index (χ4n) is 2.56. The lowest BCUT2D eigenvalue weighted by atomic mass is 10.1. The molecular formula is C15H16N6O4S2. The number of rotatable bonds is 6. The molecule has 0 aliphatic carbocycles. The van der Waals surface area contributed by atoms with E-state index in [0.717, 1.165) is 5.13 Å². The third-order valence-electron chi connectivity index (χ3n) is 3.88. The number of non-ortho nitro benzene ring substituents is 1. The summed E-state index contributed by atoms with van der Waals surface area (Å²) in [5.74, 6) is -0.488. The van der Waals surface area contributed by atoms with Gasteiger partial charge in [-0.2, -0.15) is 0 Å². The Kier molecular flexibility index (Phi) is 5.86. The maximum atomic E-state index is 12.6. The molecule has 0 spiro atoms. The van der Waals surface area contributed by atoms with Crippen LogP contribution < -0.4 is 10.6 Å². The minimum absolute atomic E-state index is 0.102. The number of carbonyl (C=O) groups excluding carboxylic acids is 2. The third-order valence-corrected chi connectivity index (χ3v) is 6.01. The van der Waals surface area contributed by atoms with Gasteiger partial charge in [-0.1, -0.05) is 29.2 Å². The van der Waals surface area contributed by atoms with Crippen molar-refractivity contribution < 1.29 is 14.5 Å². The molecule has 1 aliphatic rings. The lowest BCUT2D eigenvalue weighted by Crippen LogP contribution is -2.48. The number of aromatic nitrogens is 2. The van der Waals surface area contributed by atoms with Gasteiger partial charge < -0.3 is 15.5 Å². The molecule has 0 atom stereocenters. The largest absolute Gasteiger partial charge is 0.369 e. The van der Waals surface area contributed by atoms with Crippen molar-refractivity contribution in [1.29, 1.82) is 0 Å². The van der Waals surface area contributed by atoms with Crippen molar-refractivity contribution >= 4 is 45.7 Å². The highest BCUT2D eigenvalue weighted by atomic mass is 32.2. The Balaban J connectivity index is 1.58. The van der Waals surface area contributed by atoms with Crippen molar-refractivity contribution in [1.82, 2.24) is 15.1 Å². The highest BCUT2D eigenvalue weighted by Crippen LogP contribution is 2.28. The topological polar surface area (TPSA) is 136 Å². The first-order chi connectivity index (χ1) is 12.9. The van der Waals surface area contributed by atoms with Crippen molar-refractivity contribution in [2.24, 2.45) is 5.73 Å². The number of carbonyl (C=O) groups is 2. The van der Waals surface area contributed by atoms with Gasteiger partial charge in [-0.25, -0.2) is 0 Å². The van der Waals surface area contributed by atoms with E-state index in [1.54, 1.807) is 11.0 Å². The van der Waals surface area contributed by atoms with Gasteiger partial charge in [-0.3, -0.25) is 19.7 Å². The van der Waals surface area contributed by atoms with Crippen LogP contribution in [0.2, 0.25) is 0 Å². The summed E-state index contributed by atoms with van der Waals surface area (Å²) < 4.78 is 0.666. The zero-order chi connectivity index (χ0) is 19.4. The van der Waals surface area contributed by atoms with Crippen LogP contribution in [0.15, 0.2) is 28.6 Å². The molecule has 2 aromatic rings. The van der Waals surface area contributed by atoms with Crippen molar-refractivity contribution in [2.45, 2.75) is 4.34 Å². The summed E-state index contributed by atoms with van der Waals surface area (Å²) >= 11 is 2.62. The van der Waals surface area contributed by atoms with Crippen LogP contribution in [0.3, 0.4) is 0 Å². The Morgan fingerprint density at radius 1 is 1.26 bits per heavy atom. The van der Waals surface area contributed by atoms with E-state index >= 15 is 0 Å². The summed E-state index contributed by atoms with van der Waals surface area (Å²) in [5.41, 5.74) is 5.32. The maximum absolute atomic E-state index is 12.6. The summed E-state index contributed by atoms with van der Waals surface area (Å²) in [6.45, 7) is 2.11. The molecule has 1 aliphatic heterocycles. The van der Waals surface area contributed by atoms with E-state index in [1.165, 1.54) is 41.3 Å². The first-order valence-corrected chi connectivity index (χ1v) is 9.77. The van der Waals surface area contributed by atoms with Gasteiger partial charge in [-0.15, -0.1) is 10.2 Å². The van der Waals surface area contributed by atoms with Crippen LogP contribution in [0.25, 0.3) is 0 Å². The minimum atomic E-state index is -0.516. The van der Waals surface area contributed by atoms with Crippen LogP contribution in [0.5, 0.6) is 0 Å². The number of hydrogen-bond donors (Lipinski definition) is 1. The number of nitrogens with zero attached hydrogens (tertiary/aromatic N) is 5. The normalized spacial score (nSPS) is 14.2. The monoisotopic (exact) mass is 408 g/mol. The summed E-state index contributed by atoms with van der Waals surface area (Å²) in [7, 11) is 0. The number of anilines is 1. The van der Waals surface area contributed by atoms with Gasteiger partial charge in [0, 0.05) is 43.9 Å². The van der Waals surface area contributed by atoms with E-state index in [0.29, 0.717) is 36.1 Å². The Morgan fingerprint density at radius 2 is 2.00 bits per heavy atom. The molecule has 0 radical (unpaired) electrons. The van der Waals surface area contributed by atoms with Crippen LogP contribution in [-0.4, -0.2) is 63.8 Å². The number of amides is 2. The molecule has 2 heterocycles. The van der Waals surface area contributed by atoms with Gasteiger partial charge in [0.2, 0.25) is 11.0 Å². The summed E-state index contributed by atoms with van der Waals surface area (Å²) in [6, 6.07) is 5.74. The van der Waals surface area contributed by atoms with Crippen molar-refractivity contribution in [3.8, 4) is 0 Å². The van der Waals surface area contributed by atoms with Crippen molar-refractivity contribution in [3.63, 3.8) is 0 Å². The van der Waals surface area contributed by atoms with Gasteiger partial charge in [-0.05, 0) is 6.07 Å². The highest BCUT2D eigenvalue weighted by Gasteiger charge is 2.25. The fourth-order valence-corrected chi connectivity index (χ4v) is 4.19. The van der Waals surface area contributed by atoms with Gasteiger partial charge in [0.25, 0.3) is 11.6 Å². The second-order valence-electron chi connectivity index (χ2n) is 5.69. The summed E-state index contributed by atoms with van der Waals surface area (Å²) in [5, 5.41) is 19.7. The third kappa shape index (κ3) is 4.71. The minimum Gasteiger partial charge on any atom is -0.369 e. The number of hydrogen-bond acceptors (Lipinski definition) is 9. The average Bonchev–Trinajstić information content (AvgIpc) is 3.15. The van der Waals surface area contributed by atoms with Crippen LogP contribution >= 0.6 is 23.1 Å². The highest BCUT2D eigenvalue weighted by molar-refractivity contribution is 8.01. The number of piperazine rings is 1. The first-order valence-electron chi connectivity index (χ1n) is 7.97. The SMILES string of the molecule is NC(=O)CSc1nnc(N2CCN(C(=O)c3cccc([N+](=O)[O-])c3)CC2)s1. The van der Waals surface area contributed by atoms with E-state index in [2.05, 4.69) is 10.2 Å². The van der Waals surface area contributed by atoms with Crippen molar-refractivity contribution in [2.75, 3.05) is 36.8 Å². The Morgan fingerprint density at radius 3 is 2.67 bits per heavy atom. The van der Waals surface area contributed by atoms with Gasteiger partial charge in [0.05, 0.1) is 10.7 Å². The molecular weight excluding hydrogens is 392 g/mol. The molecule has 1 saturated heterocycles. The maximum Gasteiger partial charge on any atom is 0.270 e. The fraction of sp³-hybridized carbons (Fsp3) is 0.333. The van der Waals surface area contributed by atoms with Crippen molar-refractivity contribution in [3.05, 3.63) is 39.9 Å². The first kappa shape index (κ1) is 19.0. The van der Waals surface area contributed by atoms with E-state index in [9.17, 15) is 19.7 Å². The van der Waals surface area contributed by atoms with E-state index in [4.69, 9.17) is 5.73 Å². The van der Waals surface area contributed by atoms with E-state index in [1.807, 2.05) is 4.90 Å². The quantitative estimate of drug-likeness (QED) is 0.424. The molecule has 2 N–H and O–H groups in total. The Labute approximate surface area is 162 Å². The van der Waals surface area contributed by atoms with E-state index < -0.39 is 10.8 Å². The molecule has 0 bridgehead atoms. The molecule has 27 heavy (non-hydrogen) atoms. The van der Waals surface area contributed by atoms with Crippen LogP contribution in [0.1, 0.15) is 10.4 Å². The predicted molar refractivity (Wildman–Crippen MR) is 101 cm³/mol. The number of primary amides is 1. The zero-order valence-electron chi connectivity index (χ0n) is 14.1. The number of benzene rings is 1. The van der Waals surface area contributed by atoms with Gasteiger partial charge in [0.15, 0.2) is 4.34 Å². The molecule has 10 nitrogen and oxygen atoms in total. The predicted octanol–water partition coefficient (Wildman–Crippen LogP) is 0.986. The van der Waals surface area contributed by atoms with Gasteiger partial charge in [0.1, 0.15) is 0 Å². The average molecular weight is 408 g/mol. The lowest BCUT2D eigenvalue weighted by molar-refractivity contribution is -0.384. The molecule has 12 heteroatoms. The standard InChI is InChI=1S/C15H16N6O4S2/c16-12(22)9-26-15-18-17-14(27-15)20-6-4-19(5-7-20)13(23)10-2-1-3-11(8-10)21(24)25/h1-3,8H,4-7,9H2,(H2,16,22). The van der Waals surface area contributed by atoms with Gasteiger partial charge >= 0.3 is 0 Å². The molecule has 1 aromatic carbocycles. The molecule has 0 saturated carbocycles. The molecule has 1 fully saturated rings. The molecule has 0 unspecified atom stereocenters. The van der Waals surface area contributed by atoms with E-state index in [-0.39, 0.29) is 17.3 Å². The smallest absolute Gasteiger partial charge is 0.270 e. The number of nitro benzene ring substituents is 1. The Bertz CT molecular complexity index is 865. The Hall–Kier alpha value is -2.73. The number of thioether (sulfide) groups is 1. The van der Waals surface area contributed by atoms with Crippen LogP contribution in [0.4, 0.5) is 10.8 Å². The molecule has 142 valence electrons. The van der Waals surface area contributed by atoms with Crippen LogP contribution in [0, 0.1) is 10.1 Å². The zero-order valence-corrected chi connectivity index (χ0v) is 15.7. The number of nitro groups is 1. The molecule has 1 aromatic heterocycles. The van der Waals surface area contributed by atoms with Crippen LogP contribution in [-0.2, 0) is 4.79 Å². The summed E-state index contributed by atoms with van der Waals surface area (Å²) in [6.07, 6.45) is 0.